The van der Waals surface area contributed by atoms with Crippen LogP contribution >= 0.6 is 0 Å². The molecule has 23 heteroatoms. The van der Waals surface area contributed by atoms with E-state index < -0.39 is 125 Å². The molecule has 0 radical (unpaired) electrons. The van der Waals surface area contributed by atoms with Gasteiger partial charge in [0.25, 0.3) is 5.91 Å². The third-order valence-electron chi connectivity index (χ3n) is 20.9. The SMILES string of the molecule is COC(=O)C(Cc1cnc[nH]1)NC[C@H]1O[C@@H](O[C@H]2[C@H](OC3CC[C@@]4(C)C(CC[C@]5(C)C4C(=O)C=C4C6C[C@@](C)(C(=O)O)CC[C@]6(C)CC[C@]45C)C3(C)C)O[C@H](C(=O)N[C@H](Cc3cnc[nH]3)C(=O)OC)[C@@H](O)[C@@H]2O)[C@H](O)[C@@H](O)[C@@H]1O. The lowest BCUT2D eigenvalue weighted by atomic mass is 9.33. The summed E-state index contributed by atoms with van der Waals surface area (Å²) in [5.41, 5.74) is -0.964. The van der Waals surface area contributed by atoms with E-state index in [1.54, 1.807) is 0 Å². The number of rotatable bonds is 16. The minimum Gasteiger partial charge on any atom is -0.481 e. The molecule has 2 aliphatic heterocycles. The van der Waals surface area contributed by atoms with Crippen molar-refractivity contribution in [2.75, 3.05) is 20.8 Å². The number of aliphatic hydroxyl groups is 5. The number of amides is 1. The number of ketones is 1. The summed E-state index contributed by atoms with van der Waals surface area (Å²) in [6, 6.07) is -2.27. The van der Waals surface area contributed by atoms with E-state index in [2.05, 4.69) is 72.1 Å². The van der Waals surface area contributed by atoms with Gasteiger partial charge in [-0.2, -0.15) is 0 Å². The second-order valence-corrected chi connectivity index (χ2v) is 25.7. The summed E-state index contributed by atoms with van der Waals surface area (Å²) in [6.07, 6.45) is -5.16. The van der Waals surface area contributed by atoms with Crippen molar-refractivity contribution in [2.24, 2.45) is 50.2 Å². The van der Waals surface area contributed by atoms with Crippen LogP contribution in [-0.2, 0) is 65.2 Å². The van der Waals surface area contributed by atoms with Crippen LogP contribution in [0.2, 0.25) is 0 Å². The number of aliphatic hydroxyl groups excluding tert-OH is 5. The number of carbonyl (C=O) groups is 5. The molecular formula is C56H82N6O17. The predicted molar refractivity (Wildman–Crippen MR) is 277 cm³/mol. The number of imidazole rings is 2. The lowest BCUT2D eigenvalue weighted by Crippen LogP contribution is -2.68. The van der Waals surface area contributed by atoms with Crippen LogP contribution in [0.4, 0.5) is 0 Å². The first-order chi connectivity index (χ1) is 37.2. The average Bonchev–Trinajstić information content (AvgIpc) is 4.10. The second-order valence-electron chi connectivity index (χ2n) is 25.7. The molecule has 5 aliphatic carbocycles. The number of methoxy groups -OCH3 is 2. The molecule has 23 nitrogen and oxygen atoms in total. The Morgan fingerprint density at radius 3 is 2.00 bits per heavy atom. The Balaban J connectivity index is 0.994. The number of carboxylic acid groups (broad SMARTS) is 1. The molecule has 79 heavy (non-hydrogen) atoms. The van der Waals surface area contributed by atoms with Crippen molar-refractivity contribution in [3.8, 4) is 0 Å². The molecule has 1 amide bonds. The summed E-state index contributed by atoms with van der Waals surface area (Å²) >= 11 is 0. The highest BCUT2D eigenvalue weighted by molar-refractivity contribution is 5.96. The lowest BCUT2D eigenvalue weighted by molar-refractivity contribution is -0.372. The number of ether oxygens (including phenoxy) is 6. The van der Waals surface area contributed by atoms with E-state index in [-0.39, 0.29) is 53.8 Å². The lowest BCUT2D eigenvalue weighted by Gasteiger charge is -2.70. The van der Waals surface area contributed by atoms with Crippen molar-refractivity contribution < 1.29 is 83.0 Å². The van der Waals surface area contributed by atoms with Crippen molar-refractivity contribution in [1.29, 1.82) is 0 Å². The summed E-state index contributed by atoms with van der Waals surface area (Å²) in [5.74, 6) is -3.78. The molecule has 10 N–H and O–H groups in total. The maximum absolute atomic E-state index is 15.2. The Kier molecular flexibility index (Phi) is 16.3. The number of aliphatic carboxylic acids is 1. The van der Waals surface area contributed by atoms with Crippen molar-refractivity contribution in [3.63, 3.8) is 0 Å². The minimum absolute atomic E-state index is 0.0463. The van der Waals surface area contributed by atoms with Crippen molar-refractivity contribution in [1.82, 2.24) is 30.6 Å². The van der Waals surface area contributed by atoms with Crippen molar-refractivity contribution in [3.05, 3.63) is 48.1 Å². The summed E-state index contributed by atoms with van der Waals surface area (Å²) < 4.78 is 35.7. The van der Waals surface area contributed by atoms with Crippen LogP contribution in [0.3, 0.4) is 0 Å². The first kappa shape index (κ1) is 58.9. The molecule has 2 aromatic rings. The monoisotopic (exact) mass is 1110 g/mol. The van der Waals surface area contributed by atoms with E-state index in [1.807, 2.05) is 13.0 Å². The van der Waals surface area contributed by atoms with Crippen LogP contribution in [0.1, 0.15) is 118 Å². The number of carboxylic acids is 1. The Morgan fingerprint density at radius 1 is 0.747 bits per heavy atom. The number of esters is 2. The maximum atomic E-state index is 15.2. The van der Waals surface area contributed by atoms with Gasteiger partial charge in [-0.15, -0.1) is 0 Å². The molecule has 9 rings (SSSR count). The normalized spacial score (nSPS) is 42.4. The van der Waals surface area contributed by atoms with Crippen LogP contribution < -0.4 is 10.6 Å². The fourth-order valence-electron chi connectivity index (χ4n) is 15.9. The van der Waals surface area contributed by atoms with Crippen molar-refractivity contribution in [2.45, 2.75) is 199 Å². The van der Waals surface area contributed by atoms with Crippen LogP contribution in [-0.4, -0.2) is 181 Å². The highest BCUT2D eigenvalue weighted by Crippen LogP contribution is 2.75. The van der Waals surface area contributed by atoms with Gasteiger partial charge in [-0.25, -0.2) is 14.8 Å². The number of aromatic nitrogens is 4. The molecule has 0 spiro atoms. The van der Waals surface area contributed by atoms with Gasteiger partial charge in [-0.05, 0) is 110 Å². The standard InChI is InChI=1S/C56H82N6O17/c1-51(2)35-10-13-56(7)44(33(63)20-29-30-21-53(4,50(72)73)15-14-52(30,3)16-17-55(29,56)6)54(35,5)12-11-36(51)77-49-43(40(67)39(66)42(78-49)45(69)62-32(47(71)75-9)19-28-23-58-26-61-28)79-48-41(68)38(65)37(64)34(76-48)24-59-31(46(70)74-8)18-27-22-57-25-60-27/h20,22-23,25-26,30-32,34-44,48-49,59,64-68H,10-19,21,24H2,1-9H3,(H,57,60)(H,58,61)(H,62,69)(H,72,73)/t30?,31?,32-,34-,35?,36?,37-,38+,39+,40+,41-,42+,43-,44?,48+,49-,52-,53+,54+,55-,56-/m1/s1. The minimum atomic E-state index is -2.05. The zero-order valence-corrected chi connectivity index (χ0v) is 46.7. The fraction of sp³-hybridized carbons (Fsp3) is 0.768. The van der Waals surface area contributed by atoms with Gasteiger partial charge in [0.15, 0.2) is 24.5 Å². The van der Waals surface area contributed by atoms with Gasteiger partial charge >= 0.3 is 17.9 Å². The predicted octanol–water partition coefficient (Wildman–Crippen LogP) is 1.80. The smallest absolute Gasteiger partial charge is 0.328 e. The third-order valence-corrected chi connectivity index (χ3v) is 20.9. The zero-order valence-electron chi connectivity index (χ0n) is 46.7. The van der Waals surface area contributed by atoms with Gasteiger partial charge in [-0.1, -0.05) is 47.1 Å². The quantitative estimate of drug-likeness (QED) is 0.0846. The third kappa shape index (κ3) is 10.3. The van der Waals surface area contributed by atoms with Gasteiger partial charge in [-0.3, -0.25) is 19.2 Å². The summed E-state index contributed by atoms with van der Waals surface area (Å²) in [6.45, 7) is 14.7. The van der Waals surface area contributed by atoms with Gasteiger partial charge in [0.2, 0.25) is 0 Å². The largest absolute Gasteiger partial charge is 0.481 e. The Morgan fingerprint density at radius 2 is 1.38 bits per heavy atom. The number of hydrogen-bond donors (Lipinski definition) is 10. The van der Waals surface area contributed by atoms with Gasteiger partial charge in [0, 0.05) is 49.1 Å². The molecule has 5 unspecified atom stereocenters. The van der Waals surface area contributed by atoms with Crippen molar-refractivity contribution >= 4 is 29.6 Å². The maximum Gasteiger partial charge on any atom is 0.328 e. The van der Waals surface area contributed by atoms with Crippen LogP contribution in [0.25, 0.3) is 0 Å². The molecule has 6 fully saturated rings. The Labute approximate surface area is 459 Å². The molecule has 4 heterocycles. The van der Waals surface area contributed by atoms with E-state index >= 15 is 4.79 Å². The van der Waals surface area contributed by atoms with E-state index in [4.69, 9.17) is 28.4 Å². The van der Waals surface area contributed by atoms with Crippen LogP contribution in [0, 0.1) is 50.2 Å². The summed E-state index contributed by atoms with van der Waals surface area (Å²) in [4.78, 5) is 81.8. The van der Waals surface area contributed by atoms with Gasteiger partial charge < -0.3 is 79.7 Å². The number of hydrogen-bond acceptors (Lipinski definition) is 19. The number of nitrogens with zero attached hydrogens (tertiary/aromatic N) is 2. The van der Waals surface area contributed by atoms with E-state index in [9.17, 15) is 49.8 Å². The highest BCUT2D eigenvalue weighted by atomic mass is 16.8. The Bertz CT molecular complexity index is 2600. The molecule has 0 aromatic carbocycles. The first-order valence-corrected chi connectivity index (χ1v) is 27.8. The van der Waals surface area contributed by atoms with Gasteiger partial charge in [0.05, 0.1) is 38.4 Å². The Hall–Kier alpha value is -4.69. The number of fused-ring (bicyclic) bond motifs is 7. The number of allylic oxidation sites excluding steroid dienone is 2. The molecule has 21 atom stereocenters. The number of nitrogens with one attached hydrogen (secondary N) is 4. The summed E-state index contributed by atoms with van der Waals surface area (Å²) in [7, 11) is 2.36. The average molecular weight is 1110 g/mol. The highest BCUT2D eigenvalue weighted by Gasteiger charge is 2.71. The molecule has 0 bridgehead atoms. The second kappa shape index (κ2) is 21.9. The number of aromatic amines is 2. The molecule has 4 saturated carbocycles. The van der Waals surface area contributed by atoms with Crippen LogP contribution in [0.15, 0.2) is 36.7 Å². The van der Waals surface area contributed by atoms with E-state index in [1.165, 1.54) is 32.2 Å². The molecule has 2 aromatic heterocycles. The topological polar surface area (TPSA) is 344 Å². The number of H-pyrrole nitrogens is 2. The molecule has 7 aliphatic rings. The van der Waals surface area contributed by atoms with E-state index in [0.29, 0.717) is 49.9 Å². The number of carbonyl (C=O) groups excluding carboxylic acids is 4. The molecular weight excluding hydrogens is 1030 g/mol. The summed E-state index contributed by atoms with van der Waals surface area (Å²) in [5, 5.41) is 73.7. The molecule has 2 saturated heterocycles. The molecule has 438 valence electrons. The first-order valence-electron chi connectivity index (χ1n) is 27.8. The van der Waals surface area contributed by atoms with Crippen LogP contribution in [0.5, 0.6) is 0 Å². The zero-order chi connectivity index (χ0) is 57.4. The van der Waals surface area contributed by atoms with Gasteiger partial charge in [0.1, 0.15) is 54.8 Å². The fourth-order valence-corrected chi connectivity index (χ4v) is 15.9. The van der Waals surface area contributed by atoms with E-state index in [0.717, 1.165) is 31.9 Å².